The van der Waals surface area contributed by atoms with E-state index in [1.165, 1.54) is 120 Å². The zero-order valence-corrected chi connectivity index (χ0v) is 42.3. The van der Waals surface area contributed by atoms with Crippen molar-refractivity contribution in [3.05, 3.63) is 279 Å². The molecular formula is C74H46N4. The van der Waals surface area contributed by atoms with Crippen molar-refractivity contribution >= 4 is 109 Å². The van der Waals surface area contributed by atoms with Gasteiger partial charge in [0.1, 0.15) is 0 Å². The van der Waals surface area contributed by atoms with Crippen LogP contribution < -0.4 is 0 Å². The van der Waals surface area contributed by atoms with Gasteiger partial charge in [0, 0.05) is 65.8 Å². The Balaban J connectivity index is 0.964. The SMILES string of the molecule is c1ccc2c(c1)c1ccccc1n2-c1ccc(-c2c3ccc(-n4c5ccccc5c5ccccc54)cc3c(-c3ccc(-n4c5ccccc5c5ccccc54)cc3)c3ccc(-n4c5ccccc5c5ccccc54)cc23)cc1. The second-order valence-corrected chi connectivity index (χ2v) is 20.8. The largest absolute Gasteiger partial charge is 0.309 e. The summed E-state index contributed by atoms with van der Waals surface area (Å²) in [6, 6.07) is 103. The van der Waals surface area contributed by atoms with Crippen LogP contribution in [-0.4, -0.2) is 18.3 Å². The molecule has 0 aliphatic rings. The molecule has 0 spiro atoms. The fourth-order valence-corrected chi connectivity index (χ4v) is 13.5. The number of para-hydroxylation sites is 8. The molecule has 0 saturated heterocycles. The molecule has 17 rings (SSSR count). The number of fused-ring (bicyclic) bond motifs is 14. The summed E-state index contributed by atoms with van der Waals surface area (Å²) in [6.07, 6.45) is 0. The van der Waals surface area contributed by atoms with E-state index in [4.69, 9.17) is 0 Å². The maximum absolute atomic E-state index is 2.46. The Bertz CT molecular complexity index is 4770. The molecule has 13 aromatic carbocycles. The van der Waals surface area contributed by atoms with Gasteiger partial charge in [0.2, 0.25) is 0 Å². The molecule has 0 bridgehead atoms. The van der Waals surface area contributed by atoms with Crippen LogP contribution in [0.25, 0.3) is 154 Å². The van der Waals surface area contributed by atoms with Gasteiger partial charge in [-0.1, -0.05) is 182 Å². The van der Waals surface area contributed by atoms with E-state index in [1.54, 1.807) is 0 Å². The first-order valence-corrected chi connectivity index (χ1v) is 26.9. The lowest BCUT2D eigenvalue weighted by Crippen LogP contribution is -1.99. The molecule has 78 heavy (non-hydrogen) atoms. The lowest BCUT2D eigenvalue weighted by Gasteiger charge is -2.21. The summed E-state index contributed by atoms with van der Waals surface area (Å²) in [7, 11) is 0. The number of rotatable bonds is 6. The lowest BCUT2D eigenvalue weighted by molar-refractivity contribution is 1.18. The van der Waals surface area contributed by atoms with Gasteiger partial charge in [-0.25, -0.2) is 0 Å². The molecule has 0 N–H and O–H groups in total. The molecule has 4 heteroatoms. The molecule has 0 radical (unpaired) electrons. The van der Waals surface area contributed by atoms with Gasteiger partial charge in [0.25, 0.3) is 0 Å². The van der Waals surface area contributed by atoms with Crippen LogP contribution >= 0.6 is 0 Å². The van der Waals surface area contributed by atoms with Crippen LogP contribution in [0.3, 0.4) is 0 Å². The summed E-state index contributed by atoms with van der Waals surface area (Å²) in [6.45, 7) is 0. The number of aromatic nitrogens is 4. The number of hydrogen-bond donors (Lipinski definition) is 0. The Labute approximate surface area is 448 Å². The Kier molecular flexibility index (Phi) is 9.09. The van der Waals surface area contributed by atoms with Gasteiger partial charge in [0.15, 0.2) is 0 Å². The molecule has 4 nitrogen and oxygen atoms in total. The molecule has 0 aliphatic heterocycles. The Morgan fingerprint density at radius 3 is 0.603 bits per heavy atom. The van der Waals surface area contributed by atoms with Gasteiger partial charge in [-0.15, -0.1) is 0 Å². The van der Waals surface area contributed by atoms with E-state index >= 15 is 0 Å². The van der Waals surface area contributed by atoms with E-state index in [1.807, 2.05) is 0 Å². The van der Waals surface area contributed by atoms with Crippen molar-refractivity contribution in [3.8, 4) is 45.0 Å². The van der Waals surface area contributed by atoms with Crippen LogP contribution in [0.15, 0.2) is 279 Å². The van der Waals surface area contributed by atoms with Gasteiger partial charge in [0.05, 0.1) is 44.1 Å². The van der Waals surface area contributed by atoms with Gasteiger partial charge in [-0.2, -0.15) is 0 Å². The monoisotopic (exact) mass is 990 g/mol. The summed E-state index contributed by atoms with van der Waals surface area (Å²) in [4.78, 5) is 0. The zero-order chi connectivity index (χ0) is 51.0. The highest BCUT2D eigenvalue weighted by Gasteiger charge is 2.23. The highest BCUT2D eigenvalue weighted by atomic mass is 15.0. The fraction of sp³-hybridized carbons (Fsp3) is 0. The van der Waals surface area contributed by atoms with E-state index < -0.39 is 0 Å². The van der Waals surface area contributed by atoms with Crippen LogP contribution in [0, 0.1) is 0 Å². The van der Waals surface area contributed by atoms with Gasteiger partial charge >= 0.3 is 0 Å². The van der Waals surface area contributed by atoms with Crippen molar-refractivity contribution in [2.24, 2.45) is 0 Å². The molecular weight excluding hydrogens is 945 g/mol. The van der Waals surface area contributed by atoms with Gasteiger partial charge < -0.3 is 18.3 Å². The molecule has 0 fully saturated rings. The first kappa shape index (κ1) is 42.9. The zero-order valence-electron chi connectivity index (χ0n) is 42.3. The maximum Gasteiger partial charge on any atom is 0.0541 e. The van der Waals surface area contributed by atoms with E-state index in [0.717, 1.165) is 33.9 Å². The molecule has 4 aromatic heterocycles. The highest BCUT2D eigenvalue weighted by molar-refractivity contribution is 6.23. The molecule has 0 amide bonds. The topological polar surface area (TPSA) is 19.7 Å². The minimum atomic E-state index is 1.12. The van der Waals surface area contributed by atoms with E-state index in [0.29, 0.717) is 0 Å². The van der Waals surface area contributed by atoms with E-state index in [-0.39, 0.29) is 0 Å². The van der Waals surface area contributed by atoms with Crippen LogP contribution in [-0.2, 0) is 0 Å². The Morgan fingerprint density at radius 2 is 0.359 bits per heavy atom. The maximum atomic E-state index is 2.46. The lowest BCUT2D eigenvalue weighted by atomic mass is 9.85. The molecule has 0 aliphatic carbocycles. The summed E-state index contributed by atoms with van der Waals surface area (Å²) in [5.41, 5.74) is 18.8. The third kappa shape index (κ3) is 6.11. The first-order chi connectivity index (χ1) is 38.7. The first-order valence-electron chi connectivity index (χ1n) is 26.9. The number of nitrogens with zero attached hydrogens (tertiary/aromatic N) is 4. The second-order valence-electron chi connectivity index (χ2n) is 20.8. The van der Waals surface area contributed by atoms with Crippen LogP contribution in [0.1, 0.15) is 0 Å². The summed E-state index contributed by atoms with van der Waals surface area (Å²) in [5, 5.41) is 14.8. The van der Waals surface area contributed by atoms with Crippen molar-refractivity contribution in [3.63, 3.8) is 0 Å². The Morgan fingerprint density at radius 1 is 0.154 bits per heavy atom. The van der Waals surface area contributed by atoms with Crippen LogP contribution in [0.5, 0.6) is 0 Å². The van der Waals surface area contributed by atoms with Crippen molar-refractivity contribution in [2.45, 2.75) is 0 Å². The predicted octanol–water partition coefficient (Wildman–Crippen LogP) is 19.7. The summed E-state index contributed by atoms with van der Waals surface area (Å²) in [5.74, 6) is 0. The molecule has 17 aromatic rings. The third-order valence-electron chi connectivity index (χ3n) is 16.7. The fourth-order valence-electron chi connectivity index (χ4n) is 13.5. The van der Waals surface area contributed by atoms with Crippen molar-refractivity contribution in [1.29, 1.82) is 0 Å². The van der Waals surface area contributed by atoms with E-state index in [9.17, 15) is 0 Å². The molecule has 0 atom stereocenters. The normalized spacial score (nSPS) is 12.1. The van der Waals surface area contributed by atoms with Gasteiger partial charge in [-0.3, -0.25) is 0 Å². The predicted molar refractivity (Wildman–Crippen MR) is 330 cm³/mol. The molecule has 4 heterocycles. The summed E-state index contributed by atoms with van der Waals surface area (Å²) < 4.78 is 9.73. The van der Waals surface area contributed by atoms with Gasteiger partial charge in [-0.05, 0) is 141 Å². The van der Waals surface area contributed by atoms with Crippen molar-refractivity contribution < 1.29 is 0 Å². The van der Waals surface area contributed by atoms with E-state index in [2.05, 4.69) is 297 Å². The Hall–Kier alpha value is -10.4. The standard InChI is InChI=1S/C74H46N4/c1-9-25-65-53(17-1)54-18-2-10-26-66(54)75(65)49-37-33-47(34-38-49)73-61-43-41-52(78-71-31-15-7-23-59(71)60-24-8-16-32-72(60)78)46-64(61)74(48-35-39-50(40-36-48)76-67-27-11-3-19-55(67)56-20-4-12-28-68(56)76)62-44-42-51(45-63(62)73)77-69-29-13-5-21-57(69)58-22-6-14-30-70(58)77/h1-46H. The average molecular weight is 991 g/mol. The molecule has 0 saturated carbocycles. The molecule has 362 valence electrons. The van der Waals surface area contributed by atoms with Crippen molar-refractivity contribution in [1.82, 2.24) is 18.3 Å². The minimum absolute atomic E-state index is 1.12. The summed E-state index contributed by atoms with van der Waals surface area (Å²) >= 11 is 0. The van der Waals surface area contributed by atoms with Crippen molar-refractivity contribution in [2.75, 3.05) is 0 Å². The molecule has 0 unspecified atom stereocenters. The van der Waals surface area contributed by atoms with Crippen LogP contribution in [0.4, 0.5) is 0 Å². The average Bonchev–Trinajstić information content (AvgIpc) is 4.32. The smallest absolute Gasteiger partial charge is 0.0541 e. The minimum Gasteiger partial charge on any atom is -0.309 e. The highest BCUT2D eigenvalue weighted by Crippen LogP contribution is 2.47. The second kappa shape index (κ2) is 16.5. The number of hydrogen-bond acceptors (Lipinski definition) is 0. The third-order valence-corrected chi connectivity index (χ3v) is 16.7. The number of benzene rings is 13. The quantitative estimate of drug-likeness (QED) is 0.148. The van der Waals surface area contributed by atoms with Crippen LogP contribution in [0.2, 0.25) is 0 Å².